The standard InChI is InChI=1S/C26H26BrN7O6S/c1-14-12-28-24(29-13-14)23(39-5)15(2)41(35,36)33-26-31-30-25(21-17-11-16(27)9-10-18(17)40-32-21)34(26)22-19(37-3)7-6-8-20(22)38-4/h6-13,15,23H,1-5H3,(H,31,33)/t15-,23-/m0/s1. The number of halogens is 1. The molecule has 3 aromatic heterocycles. The van der Waals surface area contributed by atoms with Crippen LogP contribution < -0.4 is 14.2 Å². The van der Waals surface area contributed by atoms with Crippen molar-refractivity contribution in [3.8, 4) is 28.7 Å². The molecule has 0 saturated carbocycles. The number of aryl methyl sites for hydroxylation is 1. The van der Waals surface area contributed by atoms with Crippen molar-refractivity contribution in [1.82, 2.24) is 29.9 Å². The first-order chi connectivity index (χ1) is 19.7. The van der Waals surface area contributed by atoms with E-state index in [2.05, 4.69) is 46.0 Å². The third kappa shape index (κ3) is 5.35. The predicted molar refractivity (Wildman–Crippen MR) is 154 cm³/mol. The molecule has 214 valence electrons. The topological polar surface area (TPSA) is 156 Å². The molecular formula is C26H26BrN7O6S. The van der Waals surface area contributed by atoms with Crippen LogP contribution in [0.2, 0.25) is 0 Å². The largest absolute Gasteiger partial charge is 0.494 e. The number of fused-ring (bicyclic) bond motifs is 1. The summed E-state index contributed by atoms with van der Waals surface area (Å²) in [5.74, 6) is 1.01. The van der Waals surface area contributed by atoms with Gasteiger partial charge < -0.3 is 18.7 Å². The van der Waals surface area contributed by atoms with Crippen molar-refractivity contribution in [2.45, 2.75) is 25.2 Å². The van der Waals surface area contributed by atoms with E-state index in [1.807, 2.05) is 19.1 Å². The molecule has 5 rings (SSSR count). The van der Waals surface area contributed by atoms with Crippen LogP contribution in [0.5, 0.6) is 11.5 Å². The van der Waals surface area contributed by atoms with Crippen LogP contribution in [0, 0.1) is 6.92 Å². The number of anilines is 1. The number of hydrogen-bond donors (Lipinski definition) is 1. The number of ether oxygens (including phenoxy) is 3. The molecule has 0 fully saturated rings. The van der Waals surface area contributed by atoms with Gasteiger partial charge in [0, 0.05) is 24.0 Å². The maximum Gasteiger partial charge on any atom is 0.243 e. The summed E-state index contributed by atoms with van der Waals surface area (Å²) in [4.78, 5) is 8.52. The number of nitrogens with zero attached hydrogens (tertiary/aromatic N) is 6. The van der Waals surface area contributed by atoms with Gasteiger partial charge in [-0.05, 0) is 49.7 Å². The molecule has 0 bridgehead atoms. The molecule has 41 heavy (non-hydrogen) atoms. The lowest BCUT2D eigenvalue weighted by molar-refractivity contribution is 0.0949. The van der Waals surface area contributed by atoms with Crippen LogP contribution in [0.15, 0.2) is 57.8 Å². The van der Waals surface area contributed by atoms with Gasteiger partial charge in [0.1, 0.15) is 28.5 Å². The summed E-state index contributed by atoms with van der Waals surface area (Å²) >= 11 is 3.47. The van der Waals surface area contributed by atoms with E-state index >= 15 is 0 Å². The SMILES string of the molecule is COc1cccc(OC)c1-n1c(NS(=O)(=O)[C@@H](C)[C@H](OC)c2ncc(C)cn2)nnc1-c1noc2ccc(Br)cc12. The summed E-state index contributed by atoms with van der Waals surface area (Å²) in [6.45, 7) is 3.33. The second-order valence-electron chi connectivity index (χ2n) is 8.99. The van der Waals surface area contributed by atoms with Crippen molar-refractivity contribution in [3.05, 3.63) is 64.7 Å². The highest BCUT2D eigenvalue weighted by molar-refractivity contribution is 9.10. The molecule has 2 aromatic carbocycles. The van der Waals surface area contributed by atoms with Crippen molar-refractivity contribution in [1.29, 1.82) is 0 Å². The Morgan fingerprint density at radius 1 is 1.02 bits per heavy atom. The highest BCUT2D eigenvalue weighted by atomic mass is 79.9. The number of rotatable bonds is 10. The lowest BCUT2D eigenvalue weighted by atomic mass is 10.2. The smallest absolute Gasteiger partial charge is 0.243 e. The number of nitrogens with one attached hydrogen (secondary N) is 1. The zero-order valence-corrected chi connectivity index (χ0v) is 25.1. The number of hydrogen-bond acceptors (Lipinski definition) is 11. The fourth-order valence-electron chi connectivity index (χ4n) is 4.28. The molecule has 0 aliphatic carbocycles. The van der Waals surface area contributed by atoms with E-state index in [0.29, 0.717) is 33.8 Å². The Labute approximate surface area is 244 Å². The summed E-state index contributed by atoms with van der Waals surface area (Å²) in [5, 5.41) is 12.3. The number of methoxy groups -OCH3 is 3. The van der Waals surface area contributed by atoms with Gasteiger partial charge in [-0.3, -0.25) is 9.29 Å². The molecule has 2 atom stereocenters. The average Bonchev–Trinajstić information content (AvgIpc) is 3.56. The van der Waals surface area contributed by atoms with Crippen molar-refractivity contribution < 1.29 is 27.2 Å². The molecule has 0 spiro atoms. The van der Waals surface area contributed by atoms with Crippen LogP contribution in [-0.4, -0.2) is 64.9 Å². The second-order valence-corrected chi connectivity index (χ2v) is 11.9. The molecule has 0 radical (unpaired) electrons. The number of aromatic nitrogens is 6. The molecule has 1 N–H and O–H groups in total. The molecule has 15 heteroatoms. The minimum Gasteiger partial charge on any atom is -0.494 e. The van der Waals surface area contributed by atoms with Crippen LogP contribution in [0.4, 0.5) is 5.95 Å². The summed E-state index contributed by atoms with van der Waals surface area (Å²) < 4.78 is 54.6. The van der Waals surface area contributed by atoms with Crippen molar-refractivity contribution >= 4 is 42.9 Å². The minimum absolute atomic E-state index is 0.138. The maximum atomic E-state index is 13.8. The Balaban J connectivity index is 1.67. The number of sulfonamides is 1. The fourth-order valence-corrected chi connectivity index (χ4v) is 5.77. The minimum atomic E-state index is -4.17. The highest BCUT2D eigenvalue weighted by Gasteiger charge is 2.35. The zero-order valence-electron chi connectivity index (χ0n) is 22.7. The second kappa shape index (κ2) is 11.4. The highest BCUT2D eigenvalue weighted by Crippen LogP contribution is 2.39. The Morgan fingerprint density at radius 2 is 1.71 bits per heavy atom. The Bertz CT molecular complexity index is 1780. The van der Waals surface area contributed by atoms with E-state index in [4.69, 9.17) is 18.7 Å². The van der Waals surface area contributed by atoms with Crippen LogP contribution in [-0.2, 0) is 14.8 Å². The Morgan fingerprint density at radius 3 is 2.34 bits per heavy atom. The first-order valence-electron chi connectivity index (χ1n) is 12.2. The predicted octanol–water partition coefficient (Wildman–Crippen LogP) is 4.47. The normalized spacial score (nSPS) is 13.2. The van der Waals surface area contributed by atoms with E-state index in [-0.39, 0.29) is 17.6 Å². The van der Waals surface area contributed by atoms with E-state index in [9.17, 15) is 8.42 Å². The van der Waals surface area contributed by atoms with E-state index in [1.165, 1.54) is 32.8 Å². The van der Waals surface area contributed by atoms with Crippen LogP contribution in [0.3, 0.4) is 0 Å². The van der Waals surface area contributed by atoms with Gasteiger partial charge in [-0.25, -0.2) is 18.4 Å². The van der Waals surface area contributed by atoms with Crippen molar-refractivity contribution in [2.75, 3.05) is 26.1 Å². The van der Waals surface area contributed by atoms with Crippen molar-refractivity contribution in [3.63, 3.8) is 0 Å². The van der Waals surface area contributed by atoms with Gasteiger partial charge in [-0.15, -0.1) is 10.2 Å². The monoisotopic (exact) mass is 643 g/mol. The average molecular weight is 645 g/mol. The molecule has 0 aliphatic rings. The van der Waals surface area contributed by atoms with Crippen molar-refractivity contribution in [2.24, 2.45) is 0 Å². The van der Waals surface area contributed by atoms with Gasteiger partial charge in [0.2, 0.25) is 16.0 Å². The van der Waals surface area contributed by atoms with Crippen LogP contribution >= 0.6 is 15.9 Å². The fraction of sp³-hybridized carbons (Fsp3) is 0.269. The Hall–Kier alpha value is -4.08. The Kier molecular flexibility index (Phi) is 7.93. The van der Waals surface area contributed by atoms with Gasteiger partial charge in [-0.2, -0.15) is 0 Å². The van der Waals surface area contributed by atoms with Gasteiger partial charge in [0.15, 0.2) is 22.9 Å². The molecule has 0 saturated heterocycles. The zero-order chi connectivity index (χ0) is 29.3. The number of para-hydroxylation sites is 1. The van der Waals surface area contributed by atoms with Crippen LogP contribution in [0.25, 0.3) is 28.2 Å². The molecule has 13 nitrogen and oxygen atoms in total. The summed E-state index contributed by atoms with van der Waals surface area (Å²) in [6.07, 6.45) is 2.22. The van der Waals surface area contributed by atoms with Gasteiger partial charge in [-0.1, -0.05) is 27.2 Å². The summed E-state index contributed by atoms with van der Waals surface area (Å²) in [6, 6.07) is 10.5. The lowest BCUT2D eigenvalue weighted by Crippen LogP contribution is -2.33. The molecule has 3 heterocycles. The molecule has 5 aromatic rings. The third-order valence-corrected chi connectivity index (χ3v) is 8.58. The quantitative estimate of drug-likeness (QED) is 0.229. The van der Waals surface area contributed by atoms with E-state index in [1.54, 1.807) is 36.7 Å². The molecule has 0 amide bonds. The third-order valence-electron chi connectivity index (χ3n) is 6.39. The maximum absolute atomic E-state index is 13.8. The first kappa shape index (κ1) is 28.4. The number of benzene rings is 2. The summed E-state index contributed by atoms with van der Waals surface area (Å²) in [5.41, 5.74) is 2.00. The van der Waals surface area contributed by atoms with E-state index in [0.717, 1.165) is 10.0 Å². The van der Waals surface area contributed by atoms with Crippen LogP contribution in [0.1, 0.15) is 24.4 Å². The van der Waals surface area contributed by atoms with Gasteiger partial charge >= 0.3 is 0 Å². The summed E-state index contributed by atoms with van der Waals surface area (Å²) in [7, 11) is 0.204. The molecule has 0 unspecified atom stereocenters. The van der Waals surface area contributed by atoms with Gasteiger partial charge in [0.05, 0.1) is 19.6 Å². The van der Waals surface area contributed by atoms with Gasteiger partial charge in [0.25, 0.3) is 0 Å². The first-order valence-corrected chi connectivity index (χ1v) is 14.6. The lowest BCUT2D eigenvalue weighted by Gasteiger charge is -2.22. The molecule has 0 aliphatic heterocycles. The van der Waals surface area contributed by atoms with E-state index < -0.39 is 21.4 Å². The molecular weight excluding hydrogens is 618 g/mol.